The van der Waals surface area contributed by atoms with E-state index in [0.717, 1.165) is 24.7 Å². The van der Waals surface area contributed by atoms with Crippen LogP contribution in [0.5, 0.6) is 0 Å². The van der Waals surface area contributed by atoms with Gasteiger partial charge in [0.15, 0.2) is 0 Å². The number of halogens is 1. The summed E-state index contributed by atoms with van der Waals surface area (Å²) in [6.45, 7) is 5.49. The SMILES string of the molecule is CCNC1CCCN(c2ccc(Cl)cc2)C1. The zero-order valence-electron chi connectivity index (χ0n) is 9.75. The lowest BCUT2D eigenvalue weighted by Crippen LogP contribution is -2.45. The molecule has 0 aromatic heterocycles. The van der Waals surface area contributed by atoms with E-state index < -0.39 is 0 Å². The van der Waals surface area contributed by atoms with Crippen LogP contribution in [-0.4, -0.2) is 25.7 Å². The average Bonchev–Trinajstić information content (AvgIpc) is 2.31. The molecule has 1 aliphatic heterocycles. The van der Waals surface area contributed by atoms with Gasteiger partial charge in [-0.15, -0.1) is 0 Å². The first-order valence-electron chi connectivity index (χ1n) is 6.03. The van der Waals surface area contributed by atoms with Crippen molar-refractivity contribution < 1.29 is 0 Å². The van der Waals surface area contributed by atoms with Crippen LogP contribution in [0.4, 0.5) is 5.69 Å². The number of rotatable bonds is 3. The van der Waals surface area contributed by atoms with Gasteiger partial charge in [-0.1, -0.05) is 18.5 Å². The number of nitrogens with one attached hydrogen (secondary N) is 1. The quantitative estimate of drug-likeness (QED) is 0.871. The molecule has 1 saturated heterocycles. The van der Waals surface area contributed by atoms with Gasteiger partial charge in [0.2, 0.25) is 0 Å². The minimum Gasteiger partial charge on any atom is -0.370 e. The summed E-state index contributed by atoms with van der Waals surface area (Å²) in [4.78, 5) is 2.44. The lowest BCUT2D eigenvalue weighted by atomic mass is 10.0. The third kappa shape index (κ3) is 2.89. The fourth-order valence-electron chi connectivity index (χ4n) is 2.32. The van der Waals surface area contributed by atoms with Crippen LogP contribution in [0, 0.1) is 0 Å². The van der Waals surface area contributed by atoms with E-state index in [1.54, 1.807) is 0 Å². The Bertz CT molecular complexity index is 321. The van der Waals surface area contributed by atoms with Crippen LogP contribution < -0.4 is 10.2 Å². The van der Waals surface area contributed by atoms with Crippen LogP contribution in [0.1, 0.15) is 19.8 Å². The van der Waals surface area contributed by atoms with E-state index in [-0.39, 0.29) is 0 Å². The number of anilines is 1. The van der Waals surface area contributed by atoms with Crippen molar-refractivity contribution in [2.75, 3.05) is 24.5 Å². The number of benzene rings is 1. The highest BCUT2D eigenvalue weighted by atomic mass is 35.5. The van der Waals surface area contributed by atoms with Gasteiger partial charge in [0, 0.05) is 29.8 Å². The highest BCUT2D eigenvalue weighted by Gasteiger charge is 2.18. The molecule has 0 bridgehead atoms. The minimum absolute atomic E-state index is 0.634. The normalized spacial score (nSPS) is 21.1. The van der Waals surface area contributed by atoms with Crippen molar-refractivity contribution in [3.63, 3.8) is 0 Å². The van der Waals surface area contributed by atoms with E-state index in [0.29, 0.717) is 6.04 Å². The molecule has 1 unspecified atom stereocenters. The Morgan fingerprint density at radius 2 is 2.12 bits per heavy atom. The number of hydrogen-bond acceptors (Lipinski definition) is 2. The monoisotopic (exact) mass is 238 g/mol. The Kier molecular flexibility index (Phi) is 4.08. The van der Waals surface area contributed by atoms with Crippen molar-refractivity contribution in [2.24, 2.45) is 0 Å². The molecule has 0 saturated carbocycles. The first-order valence-corrected chi connectivity index (χ1v) is 6.41. The molecule has 1 fully saturated rings. The fourth-order valence-corrected chi connectivity index (χ4v) is 2.44. The van der Waals surface area contributed by atoms with Crippen molar-refractivity contribution in [3.8, 4) is 0 Å². The molecule has 88 valence electrons. The summed E-state index contributed by atoms with van der Waals surface area (Å²) in [6.07, 6.45) is 2.55. The molecular weight excluding hydrogens is 220 g/mol. The van der Waals surface area contributed by atoms with Gasteiger partial charge in [-0.05, 0) is 43.7 Å². The highest BCUT2D eigenvalue weighted by molar-refractivity contribution is 6.30. The van der Waals surface area contributed by atoms with Gasteiger partial charge >= 0.3 is 0 Å². The predicted molar refractivity (Wildman–Crippen MR) is 70.4 cm³/mol. The van der Waals surface area contributed by atoms with E-state index >= 15 is 0 Å². The van der Waals surface area contributed by atoms with Crippen molar-refractivity contribution in [1.29, 1.82) is 0 Å². The molecule has 2 rings (SSSR count). The van der Waals surface area contributed by atoms with Crippen molar-refractivity contribution in [3.05, 3.63) is 29.3 Å². The fraction of sp³-hybridized carbons (Fsp3) is 0.538. The number of likely N-dealkylation sites (N-methyl/N-ethyl adjacent to an activating group) is 1. The zero-order valence-corrected chi connectivity index (χ0v) is 10.5. The van der Waals surface area contributed by atoms with Crippen LogP contribution in [0.25, 0.3) is 0 Å². The maximum atomic E-state index is 5.90. The van der Waals surface area contributed by atoms with Gasteiger partial charge in [-0.2, -0.15) is 0 Å². The van der Waals surface area contributed by atoms with Crippen molar-refractivity contribution >= 4 is 17.3 Å². The lowest BCUT2D eigenvalue weighted by Gasteiger charge is -2.34. The summed E-state index contributed by atoms with van der Waals surface area (Å²) in [7, 11) is 0. The number of nitrogens with zero attached hydrogens (tertiary/aromatic N) is 1. The maximum Gasteiger partial charge on any atom is 0.0407 e. The van der Waals surface area contributed by atoms with Gasteiger partial charge in [0.05, 0.1) is 0 Å². The molecule has 0 spiro atoms. The standard InChI is InChI=1S/C13H19ClN2/c1-2-15-12-4-3-9-16(10-12)13-7-5-11(14)6-8-13/h5-8,12,15H,2-4,9-10H2,1H3. The van der Waals surface area contributed by atoms with Gasteiger partial charge in [-0.3, -0.25) is 0 Å². The van der Waals surface area contributed by atoms with E-state index in [1.165, 1.54) is 18.5 Å². The predicted octanol–water partition coefficient (Wildman–Crippen LogP) is 2.92. The molecule has 1 atom stereocenters. The minimum atomic E-state index is 0.634. The average molecular weight is 239 g/mol. The van der Waals surface area contributed by atoms with Gasteiger partial charge in [0.1, 0.15) is 0 Å². The Balaban J connectivity index is 2.01. The first kappa shape index (κ1) is 11.7. The molecule has 1 aliphatic rings. The Morgan fingerprint density at radius 3 is 2.81 bits per heavy atom. The van der Waals surface area contributed by atoms with E-state index in [2.05, 4.69) is 29.3 Å². The summed E-state index contributed by atoms with van der Waals surface area (Å²) in [5.41, 5.74) is 1.28. The molecule has 16 heavy (non-hydrogen) atoms. The van der Waals surface area contributed by atoms with Crippen molar-refractivity contribution in [1.82, 2.24) is 5.32 Å². The third-order valence-electron chi connectivity index (χ3n) is 3.11. The second kappa shape index (κ2) is 5.55. The molecule has 1 heterocycles. The number of piperidine rings is 1. The van der Waals surface area contributed by atoms with Crippen LogP contribution in [-0.2, 0) is 0 Å². The smallest absolute Gasteiger partial charge is 0.0407 e. The Labute approximate surface area is 103 Å². The first-order chi connectivity index (χ1) is 7.79. The van der Waals surface area contributed by atoms with Gasteiger partial charge in [0.25, 0.3) is 0 Å². The van der Waals surface area contributed by atoms with Gasteiger partial charge in [-0.25, -0.2) is 0 Å². The summed E-state index contributed by atoms with van der Waals surface area (Å²) in [5, 5.41) is 4.34. The second-order valence-corrected chi connectivity index (χ2v) is 4.76. The topological polar surface area (TPSA) is 15.3 Å². The molecule has 3 heteroatoms. The largest absolute Gasteiger partial charge is 0.370 e. The van der Waals surface area contributed by atoms with E-state index in [4.69, 9.17) is 11.6 Å². The Hall–Kier alpha value is -0.730. The highest BCUT2D eigenvalue weighted by Crippen LogP contribution is 2.21. The molecule has 0 amide bonds. The van der Waals surface area contributed by atoms with E-state index in [1.807, 2.05) is 12.1 Å². The Morgan fingerprint density at radius 1 is 1.38 bits per heavy atom. The summed E-state index contributed by atoms with van der Waals surface area (Å²) < 4.78 is 0. The molecule has 2 nitrogen and oxygen atoms in total. The third-order valence-corrected chi connectivity index (χ3v) is 3.36. The lowest BCUT2D eigenvalue weighted by molar-refractivity contribution is 0.431. The van der Waals surface area contributed by atoms with E-state index in [9.17, 15) is 0 Å². The molecule has 0 radical (unpaired) electrons. The van der Waals surface area contributed by atoms with Crippen LogP contribution >= 0.6 is 11.6 Å². The molecule has 1 aromatic rings. The summed E-state index contributed by atoms with van der Waals surface area (Å²) in [5.74, 6) is 0. The second-order valence-electron chi connectivity index (χ2n) is 4.32. The molecule has 1 N–H and O–H groups in total. The summed E-state index contributed by atoms with van der Waals surface area (Å²) in [6, 6.07) is 8.78. The molecule has 0 aliphatic carbocycles. The maximum absolute atomic E-state index is 5.90. The van der Waals surface area contributed by atoms with Crippen LogP contribution in [0.15, 0.2) is 24.3 Å². The summed E-state index contributed by atoms with van der Waals surface area (Å²) >= 11 is 5.90. The van der Waals surface area contributed by atoms with Gasteiger partial charge < -0.3 is 10.2 Å². The zero-order chi connectivity index (χ0) is 11.4. The molecule has 1 aromatic carbocycles. The molecular formula is C13H19ClN2. The number of hydrogen-bond donors (Lipinski definition) is 1. The van der Waals surface area contributed by atoms with Crippen molar-refractivity contribution in [2.45, 2.75) is 25.8 Å². The van der Waals surface area contributed by atoms with Crippen LogP contribution in [0.3, 0.4) is 0 Å². The van der Waals surface area contributed by atoms with Crippen LogP contribution in [0.2, 0.25) is 5.02 Å².